The highest BCUT2D eigenvalue weighted by molar-refractivity contribution is 7.89. The lowest BCUT2D eigenvalue weighted by Crippen LogP contribution is -2.15. The molecule has 2 rings (SSSR count). The number of hydrogen-bond acceptors (Lipinski definition) is 4. The molecule has 1 saturated heterocycles. The lowest BCUT2D eigenvalue weighted by molar-refractivity contribution is 0.166. The van der Waals surface area contributed by atoms with Gasteiger partial charge in [0.1, 0.15) is 5.75 Å². The van der Waals surface area contributed by atoms with Gasteiger partial charge in [0, 0.05) is 12.5 Å². The van der Waals surface area contributed by atoms with Gasteiger partial charge in [-0.15, -0.1) is 0 Å². The maximum Gasteiger partial charge on any atom is 0.238 e. The predicted molar refractivity (Wildman–Crippen MR) is 80.9 cm³/mol. The van der Waals surface area contributed by atoms with Crippen molar-refractivity contribution in [2.75, 3.05) is 19.8 Å². The van der Waals surface area contributed by atoms with Crippen LogP contribution in [0.4, 0.5) is 0 Å². The molecule has 1 aliphatic heterocycles. The van der Waals surface area contributed by atoms with Crippen molar-refractivity contribution in [3.05, 3.63) is 23.8 Å². The van der Waals surface area contributed by atoms with Crippen LogP contribution in [0.5, 0.6) is 5.75 Å². The van der Waals surface area contributed by atoms with Gasteiger partial charge in [-0.2, -0.15) is 0 Å². The number of benzene rings is 1. The second-order valence-corrected chi connectivity index (χ2v) is 7.16. The molecule has 118 valence electrons. The van der Waals surface area contributed by atoms with Crippen LogP contribution in [0.2, 0.25) is 0 Å². The van der Waals surface area contributed by atoms with E-state index in [-0.39, 0.29) is 10.8 Å². The zero-order valence-electron chi connectivity index (χ0n) is 12.5. The Hall–Kier alpha value is -1.11. The van der Waals surface area contributed by atoms with Gasteiger partial charge in [0.2, 0.25) is 10.0 Å². The zero-order valence-corrected chi connectivity index (χ0v) is 13.4. The van der Waals surface area contributed by atoms with Crippen molar-refractivity contribution in [3.63, 3.8) is 0 Å². The first-order valence-electron chi connectivity index (χ1n) is 7.29. The van der Waals surface area contributed by atoms with Crippen molar-refractivity contribution in [2.45, 2.75) is 37.5 Å². The van der Waals surface area contributed by atoms with Crippen molar-refractivity contribution in [1.29, 1.82) is 0 Å². The van der Waals surface area contributed by atoms with Crippen LogP contribution < -0.4 is 9.88 Å². The highest BCUT2D eigenvalue weighted by Gasteiger charge is 2.19. The Balaban J connectivity index is 2.22. The second-order valence-electron chi connectivity index (χ2n) is 5.59. The fourth-order valence-electron chi connectivity index (χ4n) is 2.36. The number of hydrogen-bond donors (Lipinski definition) is 1. The summed E-state index contributed by atoms with van der Waals surface area (Å²) >= 11 is 0. The molecule has 1 aromatic rings. The van der Waals surface area contributed by atoms with E-state index in [2.05, 4.69) is 6.92 Å². The average Bonchev–Trinajstić information content (AvgIpc) is 2.96. The molecule has 1 fully saturated rings. The predicted octanol–water partition coefficient (Wildman–Crippen LogP) is 2.26. The molecule has 1 heterocycles. The van der Waals surface area contributed by atoms with Crippen LogP contribution >= 0.6 is 0 Å². The van der Waals surface area contributed by atoms with E-state index in [9.17, 15) is 8.42 Å². The molecule has 5 nitrogen and oxygen atoms in total. The molecule has 0 amide bonds. The normalized spacial score (nSPS) is 20.4. The summed E-state index contributed by atoms with van der Waals surface area (Å²) in [6, 6.07) is 4.84. The molecule has 0 aliphatic carbocycles. The minimum absolute atomic E-state index is 0.134. The Bertz CT molecular complexity index is 579. The highest BCUT2D eigenvalue weighted by Crippen LogP contribution is 2.31. The summed E-state index contributed by atoms with van der Waals surface area (Å²) < 4.78 is 34.2. The van der Waals surface area contributed by atoms with E-state index >= 15 is 0 Å². The van der Waals surface area contributed by atoms with E-state index in [1.165, 1.54) is 6.07 Å². The third-order valence-electron chi connectivity index (χ3n) is 3.95. The molecule has 2 unspecified atom stereocenters. The van der Waals surface area contributed by atoms with Gasteiger partial charge in [0.25, 0.3) is 0 Å². The Kier molecular flexibility index (Phi) is 5.24. The Morgan fingerprint density at radius 3 is 2.81 bits per heavy atom. The van der Waals surface area contributed by atoms with Gasteiger partial charge in [0.15, 0.2) is 0 Å². The number of sulfonamides is 1. The van der Waals surface area contributed by atoms with Crippen molar-refractivity contribution < 1.29 is 17.9 Å². The molecule has 6 heteroatoms. The summed E-state index contributed by atoms with van der Waals surface area (Å²) in [7, 11) is -3.69. The van der Waals surface area contributed by atoms with Crippen molar-refractivity contribution in [2.24, 2.45) is 11.1 Å². The van der Waals surface area contributed by atoms with Crippen LogP contribution in [0.3, 0.4) is 0 Å². The molecular weight excluding hydrogens is 290 g/mol. The molecule has 2 N–H and O–H groups in total. The minimum atomic E-state index is -3.69. The minimum Gasteiger partial charge on any atom is -0.493 e. The Morgan fingerprint density at radius 1 is 1.48 bits per heavy atom. The van der Waals surface area contributed by atoms with E-state index in [1.807, 2.05) is 6.92 Å². The topological polar surface area (TPSA) is 78.6 Å². The van der Waals surface area contributed by atoms with Crippen LogP contribution in [0, 0.1) is 5.92 Å². The van der Waals surface area contributed by atoms with Gasteiger partial charge in [-0.3, -0.25) is 0 Å². The first-order chi connectivity index (χ1) is 9.91. The molecule has 1 aliphatic rings. The van der Waals surface area contributed by atoms with E-state index in [0.717, 1.165) is 37.4 Å². The third-order valence-corrected chi connectivity index (χ3v) is 4.86. The zero-order chi connectivity index (χ0) is 15.5. The lowest BCUT2D eigenvalue weighted by atomic mass is 9.97. The standard InChI is InChI=1S/C15H23NO4S/c1-3-11(2)14-8-13(21(16,17)18)4-5-15(14)20-10-12-6-7-19-9-12/h4-5,8,11-12H,3,6-7,9-10H2,1-2H3,(H2,16,17,18). The second kappa shape index (κ2) is 6.77. The van der Waals surface area contributed by atoms with Crippen LogP contribution in [-0.2, 0) is 14.8 Å². The van der Waals surface area contributed by atoms with E-state index in [0.29, 0.717) is 12.5 Å². The van der Waals surface area contributed by atoms with E-state index in [4.69, 9.17) is 14.6 Å². The monoisotopic (exact) mass is 313 g/mol. The first kappa shape index (κ1) is 16.3. The van der Waals surface area contributed by atoms with Gasteiger partial charge in [-0.05, 0) is 42.5 Å². The van der Waals surface area contributed by atoms with Gasteiger partial charge in [-0.1, -0.05) is 13.8 Å². The lowest BCUT2D eigenvalue weighted by Gasteiger charge is -2.18. The third kappa shape index (κ3) is 4.18. The molecule has 0 spiro atoms. The number of primary sulfonamides is 1. The smallest absolute Gasteiger partial charge is 0.238 e. The Labute approximate surface area is 126 Å². The van der Waals surface area contributed by atoms with Crippen LogP contribution in [-0.4, -0.2) is 28.2 Å². The molecular formula is C15H23NO4S. The summed E-state index contributed by atoms with van der Waals surface area (Å²) in [4.78, 5) is 0.134. The highest BCUT2D eigenvalue weighted by atomic mass is 32.2. The average molecular weight is 313 g/mol. The van der Waals surface area contributed by atoms with Gasteiger partial charge >= 0.3 is 0 Å². The number of nitrogens with two attached hydrogens (primary N) is 1. The SMILES string of the molecule is CCC(C)c1cc(S(N)(=O)=O)ccc1OCC1CCOC1. The van der Waals surface area contributed by atoms with Gasteiger partial charge in [-0.25, -0.2) is 13.6 Å². The Morgan fingerprint density at radius 2 is 2.24 bits per heavy atom. The maximum atomic E-state index is 11.5. The fraction of sp³-hybridized carbons (Fsp3) is 0.600. The molecule has 1 aromatic carbocycles. The largest absolute Gasteiger partial charge is 0.493 e. The molecule has 21 heavy (non-hydrogen) atoms. The van der Waals surface area contributed by atoms with Crippen LogP contribution in [0.1, 0.15) is 38.2 Å². The summed E-state index contributed by atoms with van der Waals surface area (Å²) in [6.45, 7) is 6.22. The molecule has 0 saturated carbocycles. The summed E-state index contributed by atoms with van der Waals surface area (Å²) in [5.74, 6) is 1.36. The van der Waals surface area contributed by atoms with Crippen LogP contribution in [0.15, 0.2) is 23.1 Å². The van der Waals surface area contributed by atoms with Crippen LogP contribution in [0.25, 0.3) is 0 Å². The van der Waals surface area contributed by atoms with Gasteiger partial charge < -0.3 is 9.47 Å². The fourth-order valence-corrected chi connectivity index (χ4v) is 2.91. The molecule has 0 radical (unpaired) electrons. The molecule has 0 bridgehead atoms. The molecule has 0 aromatic heterocycles. The molecule has 2 atom stereocenters. The summed E-state index contributed by atoms with van der Waals surface area (Å²) in [6.07, 6.45) is 1.91. The van der Waals surface area contributed by atoms with Crippen molar-refractivity contribution in [3.8, 4) is 5.75 Å². The van der Waals surface area contributed by atoms with Gasteiger partial charge in [0.05, 0.1) is 18.1 Å². The van der Waals surface area contributed by atoms with Crippen molar-refractivity contribution in [1.82, 2.24) is 0 Å². The first-order valence-corrected chi connectivity index (χ1v) is 8.83. The quantitative estimate of drug-likeness (QED) is 0.873. The van der Waals surface area contributed by atoms with E-state index < -0.39 is 10.0 Å². The summed E-state index contributed by atoms with van der Waals surface area (Å²) in [5.41, 5.74) is 0.892. The maximum absolute atomic E-state index is 11.5. The number of rotatable bonds is 6. The van der Waals surface area contributed by atoms with Crippen molar-refractivity contribution >= 4 is 10.0 Å². The summed E-state index contributed by atoms with van der Waals surface area (Å²) in [5, 5.41) is 5.21. The number of ether oxygens (including phenoxy) is 2. The van der Waals surface area contributed by atoms with E-state index in [1.54, 1.807) is 12.1 Å².